The average molecular weight is 237 g/mol. The molecule has 1 atom stereocenters. The summed E-state index contributed by atoms with van der Waals surface area (Å²) in [7, 11) is 0. The van der Waals surface area contributed by atoms with Crippen molar-refractivity contribution < 1.29 is 0 Å². The zero-order chi connectivity index (χ0) is 11.1. The third kappa shape index (κ3) is 1.45. The van der Waals surface area contributed by atoms with Crippen LogP contribution in [-0.4, -0.2) is 22.5 Å². The van der Waals surface area contributed by atoms with Crippen molar-refractivity contribution in [2.24, 2.45) is 0 Å². The number of halogens is 1. The Morgan fingerprint density at radius 1 is 1.56 bits per heavy atom. The minimum atomic E-state index is 0.448. The number of pyridine rings is 1. The predicted molar refractivity (Wildman–Crippen MR) is 64.8 cm³/mol. The minimum absolute atomic E-state index is 0.448. The molecule has 3 rings (SSSR count). The number of nitrogens with one attached hydrogen (secondary N) is 1. The van der Waals surface area contributed by atoms with Crippen LogP contribution in [0.4, 0.5) is 5.69 Å². The van der Waals surface area contributed by atoms with Gasteiger partial charge in [-0.05, 0) is 25.1 Å². The molecule has 4 nitrogen and oxygen atoms in total. The lowest BCUT2D eigenvalue weighted by Gasteiger charge is -2.06. The van der Waals surface area contributed by atoms with Gasteiger partial charge in [-0.1, -0.05) is 11.6 Å². The van der Waals surface area contributed by atoms with Crippen molar-refractivity contribution in [1.29, 1.82) is 0 Å². The fourth-order valence-electron chi connectivity index (χ4n) is 2.25. The zero-order valence-electron chi connectivity index (χ0n) is 8.78. The van der Waals surface area contributed by atoms with E-state index in [1.165, 1.54) is 0 Å². The lowest BCUT2D eigenvalue weighted by Crippen LogP contribution is -2.10. The zero-order valence-corrected chi connectivity index (χ0v) is 9.54. The quantitative estimate of drug-likeness (QED) is 0.792. The number of hydrogen-bond acceptors (Lipinski definition) is 3. The molecule has 5 heteroatoms. The Balaban J connectivity index is 2.18. The van der Waals surface area contributed by atoms with Crippen LogP contribution in [0.1, 0.15) is 18.2 Å². The minimum Gasteiger partial charge on any atom is -0.399 e. The molecule has 3 heterocycles. The summed E-state index contributed by atoms with van der Waals surface area (Å²) in [6, 6.07) is 3.73. The van der Waals surface area contributed by atoms with Crippen LogP contribution in [0.3, 0.4) is 0 Å². The number of imidazole rings is 1. The molecule has 2 aromatic heterocycles. The standard InChI is InChI=1S/C11H13ClN4/c12-10-9-5-8(13)2-4-16(9)11(15-10)7-1-3-14-6-7/h2,4-5,7,14H,1,3,6,13H2. The predicted octanol–water partition coefficient (Wildman–Crippen LogP) is 1.65. The van der Waals surface area contributed by atoms with E-state index in [1.807, 2.05) is 22.7 Å². The van der Waals surface area contributed by atoms with Gasteiger partial charge in [-0.2, -0.15) is 0 Å². The number of nitrogens with two attached hydrogens (primary N) is 1. The highest BCUT2D eigenvalue weighted by Crippen LogP contribution is 2.27. The topological polar surface area (TPSA) is 55.4 Å². The Bertz CT molecular complexity index is 528. The number of anilines is 1. The normalized spacial score (nSPS) is 20.7. The number of rotatable bonds is 1. The number of aromatic nitrogens is 2. The number of fused-ring (bicyclic) bond motifs is 1. The third-order valence-electron chi connectivity index (χ3n) is 3.08. The van der Waals surface area contributed by atoms with Gasteiger partial charge >= 0.3 is 0 Å². The van der Waals surface area contributed by atoms with Crippen molar-refractivity contribution in [3.05, 3.63) is 29.3 Å². The fraction of sp³-hybridized carbons (Fsp3) is 0.364. The summed E-state index contributed by atoms with van der Waals surface area (Å²) < 4.78 is 2.04. The molecule has 3 N–H and O–H groups in total. The molecule has 84 valence electrons. The van der Waals surface area contributed by atoms with E-state index in [4.69, 9.17) is 17.3 Å². The van der Waals surface area contributed by atoms with Gasteiger partial charge in [-0.3, -0.25) is 0 Å². The molecule has 1 unspecified atom stereocenters. The lowest BCUT2D eigenvalue weighted by atomic mass is 10.1. The van der Waals surface area contributed by atoms with Gasteiger partial charge in [0.05, 0.1) is 5.52 Å². The van der Waals surface area contributed by atoms with Crippen molar-refractivity contribution >= 4 is 22.8 Å². The molecule has 1 saturated heterocycles. The summed E-state index contributed by atoms with van der Waals surface area (Å²) in [6.07, 6.45) is 3.05. The summed E-state index contributed by atoms with van der Waals surface area (Å²) in [5, 5.41) is 3.87. The van der Waals surface area contributed by atoms with Gasteiger partial charge < -0.3 is 15.5 Å². The van der Waals surface area contributed by atoms with Gasteiger partial charge in [0, 0.05) is 24.3 Å². The summed E-state index contributed by atoms with van der Waals surface area (Å²) in [5.41, 5.74) is 7.35. The highest BCUT2D eigenvalue weighted by Gasteiger charge is 2.22. The van der Waals surface area contributed by atoms with Gasteiger partial charge in [0.1, 0.15) is 5.82 Å². The Kier molecular flexibility index (Phi) is 2.26. The Morgan fingerprint density at radius 2 is 2.44 bits per heavy atom. The number of nitrogen functional groups attached to an aromatic ring is 1. The monoisotopic (exact) mass is 236 g/mol. The van der Waals surface area contributed by atoms with Gasteiger partial charge in [-0.15, -0.1) is 0 Å². The highest BCUT2D eigenvalue weighted by molar-refractivity contribution is 6.32. The molecule has 1 aliphatic rings. The first-order valence-electron chi connectivity index (χ1n) is 5.39. The van der Waals surface area contributed by atoms with E-state index in [1.54, 1.807) is 0 Å². The Morgan fingerprint density at radius 3 is 3.19 bits per heavy atom. The van der Waals surface area contributed by atoms with Crippen molar-refractivity contribution in [3.8, 4) is 0 Å². The van der Waals surface area contributed by atoms with Gasteiger partial charge in [0.2, 0.25) is 0 Å². The molecule has 0 saturated carbocycles. The first kappa shape index (κ1) is 9.93. The molecular weight excluding hydrogens is 224 g/mol. The Labute approximate surface area is 98.4 Å². The largest absolute Gasteiger partial charge is 0.399 e. The number of nitrogens with zero attached hydrogens (tertiary/aromatic N) is 2. The van der Waals surface area contributed by atoms with Crippen molar-refractivity contribution in [2.75, 3.05) is 18.8 Å². The molecule has 16 heavy (non-hydrogen) atoms. The van der Waals surface area contributed by atoms with Crippen molar-refractivity contribution in [3.63, 3.8) is 0 Å². The van der Waals surface area contributed by atoms with Crippen LogP contribution in [0, 0.1) is 0 Å². The number of hydrogen-bond donors (Lipinski definition) is 2. The van der Waals surface area contributed by atoms with Crippen LogP contribution >= 0.6 is 11.6 Å². The van der Waals surface area contributed by atoms with Crippen LogP contribution in [0.5, 0.6) is 0 Å². The second-order valence-corrected chi connectivity index (χ2v) is 4.52. The molecule has 0 bridgehead atoms. The second-order valence-electron chi connectivity index (χ2n) is 4.17. The van der Waals surface area contributed by atoms with E-state index in [2.05, 4.69) is 10.3 Å². The third-order valence-corrected chi connectivity index (χ3v) is 3.35. The van der Waals surface area contributed by atoms with E-state index in [0.717, 1.165) is 30.9 Å². The maximum atomic E-state index is 6.12. The summed E-state index contributed by atoms with van der Waals surface area (Å²) in [4.78, 5) is 4.45. The van der Waals surface area contributed by atoms with E-state index in [0.29, 0.717) is 16.8 Å². The SMILES string of the molecule is Nc1ccn2c(C3CCNC3)nc(Cl)c2c1. The van der Waals surface area contributed by atoms with Crippen LogP contribution in [-0.2, 0) is 0 Å². The molecule has 0 aliphatic carbocycles. The maximum Gasteiger partial charge on any atom is 0.155 e. The summed E-state index contributed by atoms with van der Waals surface area (Å²) in [6.45, 7) is 2.02. The average Bonchev–Trinajstić information content (AvgIpc) is 2.87. The maximum absolute atomic E-state index is 6.12. The van der Waals surface area contributed by atoms with Gasteiger partial charge in [0.25, 0.3) is 0 Å². The van der Waals surface area contributed by atoms with Crippen LogP contribution in [0.15, 0.2) is 18.3 Å². The van der Waals surface area contributed by atoms with E-state index in [-0.39, 0.29) is 0 Å². The van der Waals surface area contributed by atoms with E-state index in [9.17, 15) is 0 Å². The molecule has 1 fully saturated rings. The van der Waals surface area contributed by atoms with Crippen LogP contribution in [0.2, 0.25) is 5.15 Å². The molecular formula is C11H13ClN4. The molecule has 2 aromatic rings. The van der Waals surface area contributed by atoms with Crippen LogP contribution in [0.25, 0.3) is 5.52 Å². The summed E-state index contributed by atoms with van der Waals surface area (Å²) >= 11 is 6.12. The molecule has 0 radical (unpaired) electrons. The molecule has 0 spiro atoms. The first-order valence-corrected chi connectivity index (χ1v) is 5.77. The Hall–Kier alpha value is -1.26. The highest BCUT2D eigenvalue weighted by atomic mass is 35.5. The lowest BCUT2D eigenvalue weighted by molar-refractivity contribution is 0.699. The van der Waals surface area contributed by atoms with Crippen LogP contribution < -0.4 is 11.1 Å². The molecule has 0 aromatic carbocycles. The van der Waals surface area contributed by atoms with E-state index < -0.39 is 0 Å². The van der Waals surface area contributed by atoms with Gasteiger partial charge in [-0.25, -0.2) is 4.98 Å². The smallest absolute Gasteiger partial charge is 0.155 e. The second kappa shape index (κ2) is 3.64. The first-order chi connectivity index (χ1) is 7.75. The van der Waals surface area contributed by atoms with Crippen molar-refractivity contribution in [1.82, 2.24) is 14.7 Å². The van der Waals surface area contributed by atoms with Crippen molar-refractivity contribution in [2.45, 2.75) is 12.3 Å². The van der Waals surface area contributed by atoms with Gasteiger partial charge in [0.15, 0.2) is 5.15 Å². The molecule has 1 aliphatic heterocycles. The summed E-state index contributed by atoms with van der Waals surface area (Å²) in [5.74, 6) is 1.48. The van der Waals surface area contributed by atoms with E-state index >= 15 is 0 Å². The fourth-order valence-corrected chi connectivity index (χ4v) is 2.48. The molecule has 0 amide bonds.